The second-order valence-electron chi connectivity index (χ2n) is 4.79. The molecule has 2 heterocycles. The number of hydrogen-bond acceptors (Lipinski definition) is 4. The van der Waals surface area contributed by atoms with Crippen LogP contribution in [-0.2, 0) is 23.0 Å². The molecule has 2 aromatic rings. The molecule has 1 N–H and O–H groups in total. The monoisotopic (exact) mass is 307 g/mol. The maximum absolute atomic E-state index is 12.5. The Bertz CT molecular complexity index is 776. The van der Waals surface area contributed by atoms with E-state index in [4.69, 9.17) is 9.52 Å². The summed E-state index contributed by atoms with van der Waals surface area (Å²) in [5.41, 5.74) is 1.09. The highest BCUT2D eigenvalue weighted by atomic mass is 32.2. The Labute approximate surface area is 121 Å². The Morgan fingerprint density at radius 3 is 2.57 bits per heavy atom. The minimum absolute atomic E-state index is 0.0564. The highest BCUT2D eigenvalue weighted by molar-refractivity contribution is 7.89. The van der Waals surface area contributed by atoms with E-state index in [0.29, 0.717) is 18.7 Å². The SMILES string of the molecule is O=C(O)c1ccc(S(=O)(=O)N2CCc3ccoc3C2)cc1. The van der Waals surface area contributed by atoms with Crippen LogP contribution < -0.4 is 0 Å². The molecule has 0 atom stereocenters. The molecule has 110 valence electrons. The van der Waals surface area contributed by atoms with Gasteiger partial charge in [0.2, 0.25) is 10.0 Å². The van der Waals surface area contributed by atoms with Crippen LogP contribution in [0.3, 0.4) is 0 Å². The zero-order valence-corrected chi connectivity index (χ0v) is 11.8. The number of aromatic carboxylic acids is 1. The zero-order chi connectivity index (χ0) is 15.0. The van der Waals surface area contributed by atoms with E-state index in [0.717, 1.165) is 5.56 Å². The van der Waals surface area contributed by atoms with Gasteiger partial charge in [0.15, 0.2) is 0 Å². The Morgan fingerprint density at radius 1 is 1.19 bits per heavy atom. The first-order chi connectivity index (χ1) is 9.98. The standard InChI is InChI=1S/C14H13NO5S/c16-14(17)11-1-3-12(4-2-11)21(18,19)15-7-5-10-6-8-20-13(10)9-15/h1-4,6,8H,5,7,9H2,(H,16,17). The van der Waals surface area contributed by atoms with Crippen LogP contribution in [0.2, 0.25) is 0 Å². The van der Waals surface area contributed by atoms with Gasteiger partial charge in [0.1, 0.15) is 5.76 Å². The number of carboxylic acids is 1. The summed E-state index contributed by atoms with van der Waals surface area (Å²) >= 11 is 0. The minimum atomic E-state index is -3.64. The smallest absolute Gasteiger partial charge is 0.335 e. The van der Waals surface area contributed by atoms with Gasteiger partial charge < -0.3 is 9.52 Å². The summed E-state index contributed by atoms with van der Waals surface area (Å²) in [5, 5.41) is 8.84. The topological polar surface area (TPSA) is 87.8 Å². The van der Waals surface area contributed by atoms with E-state index in [-0.39, 0.29) is 17.0 Å². The highest BCUT2D eigenvalue weighted by Gasteiger charge is 2.29. The van der Waals surface area contributed by atoms with E-state index >= 15 is 0 Å². The quantitative estimate of drug-likeness (QED) is 0.933. The highest BCUT2D eigenvalue weighted by Crippen LogP contribution is 2.25. The van der Waals surface area contributed by atoms with Crippen LogP contribution >= 0.6 is 0 Å². The molecule has 3 rings (SSSR count). The van der Waals surface area contributed by atoms with Crippen molar-refractivity contribution in [3.63, 3.8) is 0 Å². The first-order valence-electron chi connectivity index (χ1n) is 6.37. The van der Waals surface area contributed by atoms with Crippen molar-refractivity contribution in [1.29, 1.82) is 0 Å². The summed E-state index contributed by atoms with van der Waals surface area (Å²) in [7, 11) is -3.64. The lowest BCUT2D eigenvalue weighted by Crippen LogP contribution is -2.35. The van der Waals surface area contributed by atoms with Gasteiger partial charge in [-0.25, -0.2) is 13.2 Å². The summed E-state index contributed by atoms with van der Waals surface area (Å²) in [6.45, 7) is 0.584. The van der Waals surface area contributed by atoms with Crippen LogP contribution in [0.15, 0.2) is 45.9 Å². The fraction of sp³-hybridized carbons (Fsp3) is 0.214. The van der Waals surface area contributed by atoms with Crippen molar-refractivity contribution in [1.82, 2.24) is 4.31 Å². The summed E-state index contributed by atoms with van der Waals surface area (Å²) in [5.74, 6) is -0.427. The number of sulfonamides is 1. The third kappa shape index (κ3) is 2.45. The van der Waals surface area contributed by atoms with Crippen molar-refractivity contribution >= 4 is 16.0 Å². The second-order valence-corrected chi connectivity index (χ2v) is 6.73. The molecule has 0 bridgehead atoms. The normalized spacial score (nSPS) is 15.6. The first kappa shape index (κ1) is 13.8. The van der Waals surface area contributed by atoms with Crippen LogP contribution in [0.1, 0.15) is 21.7 Å². The van der Waals surface area contributed by atoms with E-state index < -0.39 is 16.0 Å². The van der Waals surface area contributed by atoms with Crippen molar-refractivity contribution in [2.75, 3.05) is 6.54 Å². The molecule has 0 saturated heterocycles. The number of furan rings is 1. The molecule has 0 aliphatic carbocycles. The summed E-state index contributed by atoms with van der Waals surface area (Å²) in [6.07, 6.45) is 2.17. The average Bonchev–Trinajstić information content (AvgIpc) is 2.94. The molecular weight excluding hydrogens is 294 g/mol. The first-order valence-corrected chi connectivity index (χ1v) is 7.81. The van der Waals surface area contributed by atoms with Crippen molar-refractivity contribution in [2.24, 2.45) is 0 Å². The maximum Gasteiger partial charge on any atom is 0.335 e. The van der Waals surface area contributed by atoms with Crippen LogP contribution in [-0.4, -0.2) is 30.3 Å². The molecule has 0 fully saturated rings. The molecule has 0 amide bonds. The molecule has 6 nitrogen and oxygen atoms in total. The van der Waals surface area contributed by atoms with Crippen LogP contribution in [0.5, 0.6) is 0 Å². The van der Waals surface area contributed by atoms with Gasteiger partial charge in [-0.05, 0) is 42.3 Å². The lowest BCUT2D eigenvalue weighted by Gasteiger charge is -2.25. The third-order valence-corrected chi connectivity index (χ3v) is 5.39. The minimum Gasteiger partial charge on any atom is -0.478 e. The third-order valence-electron chi connectivity index (χ3n) is 3.53. The zero-order valence-electron chi connectivity index (χ0n) is 11.0. The number of carbonyl (C=O) groups is 1. The Balaban J connectivity index is 1.89. The number of fused-ring (bicyclic) bond motifs is 1. The summed E-state index contributed by atoms with van der Waals surface area (Å²) in [4.78, 5) is 10.9. The number of carboxylic acid groups (broad SMARTS) is 1. The fourth-order valence-corrected chi connectivity index (χ4v) is 3.73. The van der Waals surface area contributed by atoms with Gasteiger partial charge >= 0.3 is 5.97 Å². The number of nitrogens with zero attached hydrogens (tertiary/aromatic N) is 1. The molecule has 7 heteroatoms. The van der Waals surface area contributed by atoms with Crippen molar-refractivity contribution < 1.29 is 22.7 Å². The molecule has 0 unspecified atom stereocenters. The molecule has 21 heavy (non-hydrogen) atoms. The van der Waals surface area contributed by atoms with Gasteiger partial charge in [0.25, 0.3) is 0 Å². The molecule has 1 aliphatic heterocycles. The molecule has 0 spiro atoms. The Hall–Kier alpha value is -2.12. The van der Waals surface area contributed by atoms with Crippen LogP contribution in [0, 0.1) is 0 Å². The number of rotatable bonds is 3. The largest absolute Gasteiger partial charge is 0.478 e. The van der Waals surface area contributed by atoms with Crippen LogP contribution in [0.25, 0.3) is 0 Å². The summed E-state index contributed by atoms with van der Waals surface area (Å²) < 4.78 is 31.7. The van der Waals surface area contributed by atoms with E-state index in [1.807, 2.05) is 6.07 Å². The molecular formula is C14H13NO5S. The summed E-state index contributed by atoms with van der Waals surface area (Å²) in [6, 6.07) is 7.06. The Kier molecular flexibility index (Phi) is 3.30. The van der Waals surface area contributed by atoms with Gasteiger partial charge in [0.05, 0.1) is 23.3 Å². The predicted octanol–water partition coefficient (Wildman–Crippen LogP) is 1.72. The lowest BCUT2D eigenvalue weighted by molar-refractivity contribution is 0.0696. The second kappa shape index (κ2) is 5.01. The average molecular weight is 307 g/mol. The molecule has 0 radical (unpaired) electrons. The molecule has 1 aromatic carbocycles. The van der Waals surface area contributed by atoms with Crippen molar-refractivity contribution in [2.45, 2.75) is 17.9 Å². The van der Waals surface area contributed by atoms with E-state index in [1.54, 1.807) is 6.26 Å². The molecule has 1 aliphatic rings. The van der Waals surface area contributed by atoms with Gasteiger partial charge in [-0.3, -0.25) is 0 Å². The van der Waals surface area contributed by atoms with Crippen LogP contribution in [0.4, 0.5) is 0 Å². The van der Waals surface area contributed by atoms with Gasteiger partial charge in [-0.2, -0.15) is 4.31 Å². The van der Waals surface area contributed by atoms with E-state index in [1.165, 1.54) is 28.6 Å². The van der Waals surface area contributed by atoms with Gasteiger partial charge in [-0.15, -0.1) is 0 Å². The van der Waals surface area contributed by atoms with E-state index in [2.05, 4.69) is 0 Å². The lowest BCUT2D eigenvalue weighted by atomic mass is 10.1. The van der Waals surface area contributed by atoms with E-state index in [9.17, 15) is 13.2 Å². The maximum atomic E-state index is 12.5. The molecule has 0 saturated carbocycles. The number of benzene rings is 1. The number of hydrogen-bond donors (Lipinski definition) is 1. The van der Waals surface area contributed by atoms with Crippen molar-refractivity contribution in [3.05, 3.63) is 53.5 Å². The Morgan fingerprint density at radius 2 is 1.90 bits per heavy atom. The van der Waals surface area contributed by atoms with Crippen molar-refractivity contribution in [3.8, 4) is 0 Å². The van der Waals surface area contributed by atoms with Gasteiger partial charge in [-0.1, -0.05) is 0 Å². The predicted molar refractivity (Wildman–Crippen MR) is 73.4 cm³/mol. The fourth-order valence-electron chi connectivity index (χ4n) is 2.34. The molecule has 1 aromatic heterocycles. The van der Waals surface area contributed by atoms with Gasteiger partial charge in [0, 0.05) is 6.54 Å².